The van der Waals surface area contributed by atoms with Crippen LogP contribution in [-0.4, -0.2) is 38.4 Å². The zero-order chi connectivity index (χ0) is 20.6. The van der Waals surface area contributed by atoms with E-state index in [2.05, 4.69) is 4.72 Å². The van der Waals surface area contributed by atoms with Gasteiger partial charge in [-0.15, -0.1) is 0 Å². The van der Waals surface area contributed by atoms with E-state index in [9.17, 15) is 22.0 Å². The number of rotatable bonds is 3. The Kier molecular flexibility index (Phi) is 5.16. The number of carbonyl (C=O) groups excluding carboxylic acids is 1. The molecule has 0 aromatic heterocycles. The summed E-state index contributed by atoms with van der Waals surface area (Å²) in [6.07, 6.45) is 3.61. The number of nitrogens with one attached hydrogen (secondary N) is 1. The van der Waals surface area contributed by atoms with Crippen molar-refractivity contribution in [2.45, 2.75) is 36.6 Å². The van der Waals surface area contributed by atoms with E-state index in [0.717, 1.165) is 43.9 Å². The number of hydrogen-bond donors (Lipinski definition) is 1. The number of amides is 1. The molecular formula is C20H20F2N2O4S. The Morgan fingerprint density at radius 1 is 1.07 bits per heavy atom. The molecule has 4 rings (SSSR count). The molecule has 0 aliphatic carbocycles. The fourth-order valence-corrected chi connectivity index (χ4v) is 5.05. The molecule has 1 saturated heterocycles. The molecule has 1 atom stereocenters. The molecule has 2 aliphatic rings. The van der Waals surface area contributed by atoms with Gasteiger partial charge >= 0.3 is 0 Å². The highest BCUT2D eigenvalue weighted by atomic mass is 32.2. The van der Waals surface area contributed by atoms with Gasteiger partial charge in [-0.3, -0.25) is 9.52 Å². The van der Waals surface area contributed by atoms with Crippen molar-refractivity contribution < 1.29 is 26.7 Å². The van der Waals surface area contributed by atoms with Gasteiger partial charge in [0.2, 0.25) is 0 Å². The zero-order valence-corrected chi connectivity index (χ0v) is 16.3. The minimum atomic E-state index is -4.52. The van der Waals surface area contributed by atoms with E-state index in [0.29, 0.717) is 18.9 Å². The molecule has 1 unspecified atom stereocenters. The smallest absolute Gasteiger partial charge is 0.267 e. The van der Waals surface area contributed by atoms with Crippen LogP contribution < -0.4 is 9.46 Å². The summed E-state index contributed by atoms with van der Waals surface area (Å²) in [6.45, 7) is 1.09. The minimum absolute atomic E-state index is 0.0254. The van der Waals surface area contributed by atoms with Crippen molar-refractivity contribution >= 4 is 21.6 Å². The molecule has 2 aliphatic heterocycles. The maximum atomic E-state index is 13.9. The van der Waals surface area contributed by atoms with Crippen molar-refractivity contribution in [2.24, 2.45) is 0 Å². The lowest BCUT2D eigenvalue weighted by Crippen LogP contribution is -2.45. The summed E-state index contributed by atoms with van der Waals surface area (Å²) in [5.74, 6) is -2.26. The van der Waals surface area contributed by atoms with Crippen molar-refractivity contribution in [2.75, 3.05) is 17.9 Å². The van der Waals surface area contributed by atoms with Gasteiger partial charge in [0.05, 0.1) is 12.2 Å². The number of ether oxygens (including phenoxy) is 1. The Labute approximate surface area is 167 Å². The molecule has 0 bridgehead atoms. The van der Waals surface area contributed by atoms with Gasteiger partial charge < -0.3 is 9.64 Å². The fourth-order valence-electron chi connectivity index (χ4n) is 3.86. The normalized spacial score (nSPS) is 19.4. The van der Waals surface area contributed by atoms with Crippen LogP contribution in [0.5, 0.6) is 5.75 Å². The van der Waals surface area contributed by atoms with Crippen LogP contribution in [0.15, 0.2) is 41.3 Å². The number of benzene rings is 2. The molecule has 0 spiro atoms. The quantitative estimate of drug-likeness (QED) is 0.821. The van der Waals surface area contributed by atoms with Gasteiger partial charge in [0.25, 0.3) is 15.9 Å². The van der Waals surface area contributed by atoms with Gasteiger partial charge in [-0.2, -0.15) is 0 Å². The lowest BCUT2D eigenvalue weighted by molar-refractivity contribution is 0.0548. The highest BCUT2D eigenvalue weighted by molar-refractivity contribution is 7.92. The van der Waals surface area contributed by atoms with Crippen LogP contribution in [0.3, 0.4) is 0 Å². The predicted molar refractivity (Wildman–Crippen MR) is 102 cm³/mol. The zero-order valence-electron chi connectivity index (χ0n) is 15.5. The first-order valence-electron chi connectivity index (χ1n) is 9.41. The molecule has 1 N–H and O–H groups in total. The van der Waals surface area contributed by atoms with Gasteiger partial charge in [0.1, 0.15) is 17.4 Å². The summed E-state index contributed by atoms with van der Waals surface area (Å²) in [5.41, 5.74) is 0.253. The number of fused-ring (bicyclic) bond motifs is 2. The first-order valence-corrected chi connectivity index (χ1v) is 10.9. The monoisotopic (exact) mass is 422 g/mol. The molecule has 154 valence electrons. The molecular weight excluding hydrogens is 402 g/mol. The van der Waals surface area contributed by atoms with Crippen molar-refractivity contribution in [3.63, 3.8) is 0 Å². The lowest BCUT2D eigenvalue weighted by atomic mass is 9.97. The standard InChI is InChI=1S/C20H20F2N2O4S/c21-16-5-3-6-17(22)19(16)29(26,27)23-13-7-8-18-15(12-13)20(25)24-10-2-1-4-14(24)9-11-28-18/h3,5-8,12,14,23H,1-2,4,9-11H2. The Bertz CT molecular complexity index is 1040. The summed E-state index contributed by atoms with van der Waals surface area (Å²) in [4.78, 5) is 13.8. The van der Waals surface area contributed by atoms with Crippen LogP contribution in [-0.2, 0) is 10.0 Å². The van der Waals surface area contributed by atoms with Crippen LogP contribution in [0.2, 0.25) is 0 Å². The number of halogens is 2. The largest absolute Gasteiger partial charge is 0.493 e. The molecule has 9 heteroatoms. The molecule has 1 amide bonds. The third-order valence-electron chi connectivity index (χ3n) is 5.25. The molecule has 0 radical (unpaired) electrons. The Morgan fingerprint density at radius 2 is 1.83 bits per heavy atom. The lowest BCUT2D eigenvalue weighted by Gasteiger charge is -2.37. The van der Waals surface area contributed by atoms with Crippen molar-refractivity contribution in [1.29, 1.82) is 0 Å². The fraction of sp³-hybridized carbons (Fsp3) is 0.350. The van der Waals surface area contributed by atoms with Crippen LogP contribution >= 0.6 is 0 Å². The van der Waals surface area contributed by atoms with E-state index in [-0.39, 0.29) is 23.2 Å². The van der Waals surface area contributed by atoms with E-state index in [1.54, 1.807) is 4.90 Å². The highest BCUT2D eigenvalue weighted by Crippen LogP contribution is 2.32. The first kappa shape index (κ1) is 19.6. The molecule has 2 aromatic rings. The number of anilines is 1. The maximum Gasteiger partial charge on any atom is 0.267 e. The Morgan fingerprint density at radius 3 is 2.59 bits per heavy atom. The molecule has 2 aromatic carbocycles. The second-order valence-electron chi connectivity index (χ2n) is 7.15. The third-order valence-corrected chi connectivity index (χ3v) is 6.68. The van der Waals surface area contributed by atoms with Crippen molar-refractivity contribution in [3.05, 3.63) is 53.6 Å². The topological polar surface area (TPSA) is 75.7 Å². The first-order chi connectivity index (χ1) is 13.9. The summed E-state index contributed by atoms with van der Waals surface area (Å²) in [7, 11) is -4.52. The molecule has 1 fully saturated rings. The van der Waals surface area contributed by atoms with Crippen LogP contribution in [0.1, 0.15) is 36.0 Å². The average molecular weight is 422 g/mol. The second kappa shape index (κ2) is 7.62. The number of piperidine rings is 1. The maximum absolute atomic E-state index is 13.9. The third kappa shape index (κ3) is 3.78. The summed E-state index contributed by atoms with van der Waals surface area (Å²) in [5, 5.41) is 0. The molecule has 0 saturated carbocycles. The van der Waals surface area contributed by atoms with E-state index in [4.69, 9.17) is 4.74 Å². The van der Waals surface area contributed by atoms with Crippen LogP contribution in [0.25, 0.3) is 0 Å². The van der Waals surface area contributed by atoms with Crippen molar-refractivity contribution in [1.82, 2.24) is 4.90 Å². The van der Waals surface area contributed by atoms with Gasteiger partial charge in [-0.05, 0) is 49.6 Å². The number of carbonyl (C=O) groups is 1. The number of hydrogen-bond acceptors (Lipinski definition) is 4. The summed E-state index contributed by atoms with van der Waals surface area (Å²) in [6, 6.07) is 7.16. The van der Waals surface area contributed by atoms with Crippen molar-refractivity contribution in [3.8, 4) is 5.75 Å². The predicted octanol–water partition coefficient (Wildman–Crippen LogP) is 3.54. The van der Waals surface area contributed by atoms with Gasteiger partial charge in [0, 0.05) is 24.7 Å². The van der Waals surface area contributed by atoms with E-state index < -0.39 is 26.6 Å². The summed E-state index contributed by atoms with van der Waals surface area (Å²) >= 11 is 0. The second-order valence-corrected chi connectivity index (χ2v) is 8.77. The minimum Gasteiger partial charge on any atom is -0.493 e. The Balaban J connectivity index is 1.68. The van der Waals surface area contributed by atoms with Crippen LogP contribution in [0, 0.1) is 11.6 Å². The summed E-state index contributed by atoms with van der Waals surface area (Å²) < 4.78 is 60.8. The van der Waals surface area contributed by atoms with Gasteiger partial charge in [-0.25, -0.2) is 17.2 Å². The number of nitrogens with zero attached hydrogens (tertiary/aromatic N) is 1. The molecule has 6 nitrogen and oxygen atoms in total. The molecule has 2 heterocycles. The number of sulfonamides is 1. The Hall–Kier alpha value is -2.68. The SMILES string of the molecule is O=C1c2cc(NS(=O)(=O)c3c(F)cccc3F)ccc2OCCC2CCCCN12. The van der Waals surface area contributed by atoms with Gasteiger partial charge in [-0.1, -0.05) is 6.07 Å². The average Bonchev–Trinajstić information content (AvgIpc) is 2.67. The van der Waals surface area contributed by atoms with Gasteiger partial charge in [0.15, 0.2) is 4.90 Å². The highest BCUT2D eigenvalue weighted by Gasteiger charge is 2.31. The van der Waals surface area contributed by atoms with Crippen LogP contribution in [0.4, 0.5) is 14.5 Å². The molecule has 29 heavy (non-hydrogen) atoms. The van der Waals surface area contributed by atoms with E-state index in [1.165, 1.54) is 18.2 Å². The van der Waals surface area contributed by atoms with E-state index in [1.807, 2.05) is 0 Å². The van der Waals surface area contributed by atoms with E-state index >= 15 is 0 Å².